The molecule has 0 saturated carbocycles. The average molecular weight is 447 g/mol. The molecule has 2 aromatic carbocycles. The number of ether oxygens (including phenoxy) is 2. The highest BCUT2D eigenvalue weighted by molar-refractivity contribution is 6.05. The van der Waals surface area contributed by atoms with Crippen molar-refractivity contribution in [2.24, 2.45) is 0 Å². The molecule has 0 unspecified atom stereocenters. The summed E-state index contributed by atoms with van der Waals surface area (Å²) < 4.78 is 16.8. The van der Waals surface area contributed by atoms with E-state index in [1.807, 2.05) is 6.92 Å². The predicted molar refractivity (Wildman–Crippen MR) is 120 cm³/mol. The van der Waals surface area contributed by atoms with Crippen molar-refractivity contribution >= 4 is 23.2 Å². The maximum Gasteiger partial charge on any atom is 0.338 e. The van der Waals surface area contributed by atoms with Crippen LogP contribution in [0.2, 0.25) is 0 Å². The Labute approximate surface area is 188 Å². The number of nitrogens with zero attached hydrogens (tertiary/aromatic N) is 2. The van der Waals surface area contributed by atoms with Crippen molar-refractivity contribution in [1.82, 2.24) is 9.56 Å². The van der Waals surface area contributed by atoms with Crippen molar-refractivity contribution in [2.45, 2.75) is 20.5 Å². The molecule has 0 radical (unpaired) electrons. The molecule has 1 N–H and O–H groups in total. The lowest BCUT2D eigenvalue weighted by Gasteiger charge is -2.11. The minimum absolute atomic E-state index is 0.186. The smallest absolute Gasteiger partial charge is 0.338 e. The fraction of sp³-hybridized carbons (Fsp3) is 0.167. The topological polar surface area (TPSA) is 112 Å². The van der Waals surface area contributed by atoms with Crippen LogP contribution in [0.5, 0.6) is 5.75 Å². The molecule has 4 rings (SSSR count). The molecule has 0 aliphatic carbocycles. The Kier molecular flexibility index (Phi) is 5.95. The molecule has 0 spiro atoms. The third-order valence-electron chi connectivity index (χ3n) is 4.93. The minimum atomic E-state index is -0.614. The number of amides is 1. The SMILES string of the molecule is COc1cccc(C(=O)Nc2cc(C(=O)OCc3cc(=O)n4oc(C)cc4n3)ccc2C)c1. The molecule has 0 bridgehead atoms. The molecule has 4 aromatic rings. The fourth-order valence-electron chi connectivity index (χ4n) is 3.21. The van der Waals surface area contributed by atoms with Crippen LogP contribution in [0.4, 0.5) is 5.69 Å². The van der Waals surface area contributed by atoms with Crippen LogP contribution in [0.25, 0.3) is 5.65 Å². The zero-order valence-corrected chi connectivity index (χ0v) is 18.2. The molecule has 1 amide bonds. The number of hydrogen-bond acceptors (Lipinski definition) is 7. The number of nitrogens with one attached hydrogen (secondary N) is 1. The summed E-state index contributed by atoms with van der Waals surface area (Å²) in [7, 11) is 1.52. The summed E-state index contributed by atoms with van der Waals surface area (Å²) in [5.41, 5.74) is 2.15. The summed E-state index contributed by atoms with van der Waals surface area (Å²) in [6.07, 6.45) is 0. The number of methoxy groups -OCH3 is 1. The van der Waals surface area contributed by atoms with E-state index in [0.29, 0.717) is 34.1 Å². The second-order valence-electron chi connectivity index (χ2n) is 7.38. The summed E-state index contributed by atoms with van der Waals surface area (Å²) in [6, 6.07) is 14.5. The molecule has 0 aliphatic rings. The predicted octanol–water partition coefficient (Wildman–Crippen LogP) is 3.52. The first-order valence-corrected chi connectivity index (χ1v) is 10.1. The van der Waals surface area contributed by atoms with E-state index in [2.05, 4.69) is 10.3 Å². The van der Waals surface area contributed by atoms with Crippen LogP contribution in [0.15, 0.2) is 63.9 Å². The Morgan fingerprint density at radius 2 is 1.88 bits per heavy atom. The van der Waals surface area contributed by atoms with E-state index < -0.39 is 11.5 Å². The minimum Gasteiger partial charge on any atom is -0.497 e. The number of esters is 1. The standard InChI is InChI=1S/C24H21N3O6/c1-14-7-8-17(11-20(14)26-23(29)16-5-4-6-19(10-16)31-3)24(30)32-13-18-12-22(28)27-21(25-18)9-15(2)33-27/h4-12H,13H2,1-3H3,(H,26,29). The zero-order valence-electron chi connectivity index (χ0n) is 18.2. The first-order valence-electron chi connectivity index (χ1n) is 10.1. The van der Waals surface area contributed by atoms with Gasteiger partial charge in [0.1, 0.15) is 18.1 Å². The van der Waals surface area contributed by atoms with Crippen molar-refractivity contribution in [3.05, 3.63) is 93.1 Å². The monoisotopic (exact) mass is 447 g/mol. The van der Waals surface area contributed by atoms with Gasteiger partial charge in [-0.05, 0) is 49.7 Å². The van der Waals surface area contributed by atoms with Gasteiger partial charge in [-0.2, -0.15) is 0 Å². The molecule has 0 saturated heterocycles. The van der Waals surface area contributed by atoms with Gasteiger partial charge in [-0.25, -0.2) is 9.78 Å². The van der Waals surface area contributed by atoms with Gasteiger partial charge >= 0.3 is 5.97 Å². The highest BCUT2D eigenvalue weighted by Crippen LogP contribution is 2.20. The summed E-state index contributed by atoms with van der Waals surface area (Å²) in [4.78, 5) is 41.6. The summed E-state index contributed by atoms with van der Waals surface area (Å²) in [5, 5.41) is 2.81. The van der Waals surface area contributed by atoms with Gasteiger partial charge in [0.25, 0.3) is 11.5 Å². The summed E-state index contributed by atoms with van der Waals surface area (Å²) >= 11 is 0. The van der Waals surface area contributed by atoms with Crippen molar-refractivity contribution in [3.8, 4) is 5.75 Å². The lowest BCUT2D eigenvalue weighted by molar-refractivity contribution is 0.0467. The van der Waals surface area contributed by atoms with Crippen molar-refractivity contribution in [3.63, 3.8) is 0 Å². The van der Waals surface area contributed by atoms with Gasteiger partial charge in [-0.1, -0.05) is 12.1 Å². The second kappa shape index (κ2) is 8.99. The molecule has 9 nitrogen and oxygen atoms in total. The summed E-state index contributed by atoms with van der Waals surface area (Å²) in [5.74, 6) is 0.152. The number of anilines is 1. The van der Waals surface area contributed by atoms with E-state index in [1.165, 1.54) is 13.2 Å². The maximum absolute atomic E-state index is 12.6. The van der Waals surface area contributed by atoms with Gasteiger partial charge in [0, 0.05) is 23.4 Å². The number of hydrogen-bond donors (Lipinski definition) is 1. The van der Waals surface area contributed by atoms with Gasteiger partial charge in [0.2, 0.25) is 0 Å². The van der Waals surface area contributed by atoms with Crippen LogP contribution in [0.1, 0.15) is 37.7 Å². The highest BCUT2D eigenvalue weighted by Gasteiger charge is 2.14. The van der Waals surface area contributed by atoms with Crippen LogP contribution in [-0.2, 0) is 11.3 Å². The van der Waals surface area contributed by atoms with Gasteiger partial charge in [0.05, 0.1) is 18.4 Å². The normalized spacial score (nSPS) is 10.8. The molecule has 0 atom stereocenters. The molecule has 9 heteroatoms. The van der Waals surface area contributed by atoms with Crippen molar-refractivity contribution < 1.29 is 23.6 Å². The molecule has 0 fully saturated rings. The van der Waals surface area contributed by atoms with Gasteiger partial charge < -0.3 is 19.3 Å². The van der Waals surface area contributed by atoms with Crippen LogP contribution >= 0.6 is 0 Å². The number of carbonyl (C=O) groups is 2. The molecular formula is C24H21N3O6. The third-order valence-corrected chi connectivity index (χ3v) is 4.93. The second-order valence-corrected chi connectivity index (χ2v) is 7.38. The number of fused-ring (bicyclic) bond motifs is 1. The Morgan fingerprint density at radius 3 is 2.67 bits per heavy atom. The number of aromatic nitrogens is 2. The van der Waals surface area contributed by atoms with Gasteiger partial charge in [-0.3, -0.25) is 9.59 Å². The van der Waals surface area contributed by atoms with Crippen molar-refractivity contribution in [1.29, 1.82) is 0 Å². The molecular weight excluding hydrogens is 426 g/mol. The van der Waals surface area contributed by atoms with E-state index in [9.17, 15) is 14.4 Å². The van der Waals surface area contributed by atoms with E-state index >= 15 is 0 Å². The Balaban J connectivity index is 1.48. The van der Waals surface area contributed by atoms with E-state index in [0.717, 1.165) is 10.1 Å². The molecule has 33 heavy (non-hydrogen) atoms. The Morgan fingerprint density at radius 1 is 1.06 bits per heavy atom. The number of carbonyl (C=O) groups excluding carboxylic acids is 2. The maximum atomic E-state index is 12.6. The number of aryl methyl sites for hydroxylation is 2. The molecule has 2 aromatic heterocycles. The molecule has 168 valence electrons. The first-order chi connectivity index (χ1) is 15.8. The molecule has 0 aliphatic heterocycles. The van der Waals surface area contributed by atoms with E-state index in [-0.39, 0.29) is 18.1 Å². The van der Waals surface area contributed by atoms with E-state index in [4.69, 9.17) is 14.0 Å². The van der Waals surface area contributed by atoms with E-state index in [1.54, 1.807) is 55.5 Å². The van der Waals surface area contributed by atoms with Crippen LogP contribution < -0.4 is 15.6 Å². The highest BCUT2D eigenvalue weighted by atomic mass is 16.5. The quantitative estimate of drug-likeness (QED) is 0.450. The largest absolute Gasteiger partial charge is 0.497 e. The Hall–Kier alpha value is -4.40. The van der Waals surface area contributed by atoms with Crippen LogP contribution in [0.3, 0.4) is 0 Å². The number of benzene rings is 2. The molecule has 2 heterocycles. The third kappa shape index (κ3) is 4.77. The van der Waals surface area contributed by atoms with Crippen LogP contribution in [-0.4, -0.2) is 28.5 Å². The summed E-state index contributed by atoms with van der Waals surface area (Å²) in [6.45, 7) is 3.33. The van der Waals surface area contributed by atoms with Crippen LogP contribution in [0, 0.1) is 13.8 Å². The van der Waals surface area contributed by atoms with Crippen molar-refractivity contribution in [2.75, 3.05) is 12.4 Å². The fourth-order valence-corrected chi connectivity index (χ4v) is 3.21. The van der Waals surface area contributed by atoms with Gasteiger partial charge in [-0.15, -0.1) is 4.57 Å². The average Bonchev–Trinajstić information content (AvgIpc) is 3.19. The lowest BCUT2D eigenvalue weighted by atomic mass is 10.1. The first kappa shape index (κ1) is 21.8. The Bertz CT molecular complexity index is 1420. The zero-order chi connectivity index (χ0) is 23.5. The lowest BCUT2D eigenvalue weighted by Crippen LogP contribution is -2.15. The van der Waals surface area contributed by atoms with Gasteiger partial charge in [0.15, 0.2) is 5.65 Å². The number of rotatable bonds is 6.